The second-order valence-electron chi connectivity index (χ2n) is 12.4. The number of morpholine rings is 1. The van der Waals surface area contributed by atoms with E-state index in [1.54, 1.807) is 19.4 Å². The molecule has 13 heteroatoms. The second-order valence-corrected chi connectivity index (χ2v) is 12.4. The zero-order valence-electron chi connectivity index (χ0n) is 27.5. The number of aromatic nitrogens is 3. The van der Waals surface area contributed by atoms with E-state index in [0.717, 1.165) is 42.7 Å². The highest BCUT2D eigenvalue weighted by Crippen LogP contribution is 2.49. The molecule has 0 atom stereocenters. The molecule has 2 aromatic heterocycles. The van der Waals surface area contributed by atoms with Gasteiger partial charge in [0.15, 0.2) is 17.2 Å². The lowest BCUT2D eigenvalue weighted by molar-refractivity contribution is -0.133. The molecule has 1 saturated heterocycles. The molecule has 1 aliphatic carbocycles. The number of carbonyl (C=O) groups is 2. The maximum absolute atomic E-state index is 16.0. The number of pyridine rings is 1. The Balaban J connectivity index is 1.22. The topological polar surface area (TPSA) is 125 Å². The van der Waals surface area contributed by atoms with E-state index in [9.17, 15) is 14.0 Å². The van der Waals surface area contributed by atoms with Gasteiger partial charge < -0.3 is 19.9 Å². The molecule has 7 rings (SSSR count). The molecule has 2 amide bonds. The first kappa shape index (κ1) is 33.1. The van der Waals surface area contributed by atoms with Crippen molar-refractivity contribution in [1.29, 1.82) is 0 Å². The Morgan fingerprint density at radius 3 is 2.34 bits per heavy atom. The van der Waals surface area contributed by atoms with Crippen molar-refractivity contribution < 1.29 is 32.6 Å². The van der Waals surface area contributed by atoms with Gasteiger partial charge in [-0.3, -0.25) is 19.4 Å². The summed E-state index contributed by atoms with van der Waals surface area (Å²) in [7, 11) is 1.62. The van der Waals surface area contributed by atoms with E-state index >= 15 is 4.39 Å². The second kappa shape index (κ2) is 13.8. The van der Waals surface area contributed by atoms with Crippen LogP contribution in [-0.2, 0) is 27.3 Å². The highest BCUT2D eigenvalue weighted by Gasteiger charge is 2.57. The SMILES string of the molecule is COc1ccc(Cn2nc(CCN3CCOCC3)c3c(Oc4ccc(N(C(=O)C5(C(N)=O)CC5)c5ccc(F)cc5)cc4F)ccnc32)cc1. The van der Waals surface area contributed by atoms with Crippen LogP contribution < -0.4 is 20.1 Å². The van der Waals surface area contributed by atoms with Crippen molar-refractivity contribution in [2.45, 2.75) is 25.8 Å². The number of hydrogen-bond acceptors (Lipinski definition) is 8. The lowest BCUT2D eigenvalue weighted by Crippen LogP contribution is -2.41. The molecule has 50 heavy (non-hydrogen) atoms. The third-order valence-electron chi connectivity index (χ3n) is 9.24. The van der Waals surface area contributed by atoms with Crippen LogP contribution in [0.15, 0.2) is 79.0 Å². The summed E-state index contributed by atoms with van der Waals surface area (Å²) in [6, 6.07) is 18.6. The molecule has 2 aliphatic rings. The summed E-state index contributed by atoms with van der Waals surface area (Å²) in [4.78, 5) is 34.1. The van der Waals surface area contributed by atoms with E-state index in [-0.39, 0.29) is 30.0 Å². The van der Waals surface area contributed by atoms with Crippen LogP contribution in [0.2, 0.25) is 0 Å². The summed E-state index contributed by atoms with van der Waals surface area (Å²) in [6.07, 6.45) is 2.75. The fraction of sp³-hybridized carbons (Fsp3) is 0.297. The van der Waals surface area contributed by atoms with Gasteiger partial charge in [-0.1, -0.05) is 12.1 Å². The quantitative estimate of drug-likeness (QED) is 0.175. The van der Waals surface area contributed by atoms with E-state index in [0.29, 0.717) is 43.0 Å². The van der Waals surface area contributed by atoms with Gasteiger partial charge in [-0.15, -0.1) is 0 Å². The van der Waals surface area contributed by atoms with Gasteiger partial charge >= 0.3 is 0 Å². The average molecular weight is 683 g/mol. The predicted octanol–water partition coefficient (Wildman–Crippen LogP) is 5.36. The molecule has 0 spiro atoms. The van der Waals surface area contributed by atoms with Crippen molar-refractivity contribution in [2.75, 3.05) is 44.9 Å². The van der Waals surface area contributed by atoms with Crippen molar-refractivity contribution in [2.24, 2.45) is 11.1 Å². The minimum absolute atomic E-state index is 0.0918. The van der Waals surface area contributed by atoms with Crippen LogP contribution in [0.25, 0.3) is 11.0 Å². The average Bonchev–Trinajstić information content (AvgIpc) is 3.88. The number of amides is 2. The number of nitrogens with zero attached hydrogens (tertiary/aromatic N) is 5. The van der Waals surface area contributed by atoms with Crippen molar-refractivity contribution in [3.8, 4) is 17.2 Å². The number of carbonyl (C=O) groups excluding carboxylic acids is 2. The molecule has 258 valence electrons. The summed E-state index contributed by atoms with van der Waals surface area (Å²) in [5, 5.41) is 5.62. The molecule has 1 saturated carbocycles. The molecule has 0 bridgehead atoms. The van der Waals surface area contributed by atoms with Crippen molar-refractivity contribution in [3.05, 3.63) is 102 Å². The summed E-state index contributed by atoms with van der Waals surface area (Å²) in [5.74, 6) is -1.59. The van der Waals surface area contributed by atoms with Gasteiger partial charge in [0.1, 0.15) is 22.7 Å². The summed E-state index contributed by atoms with van der Waals surface area (Å²) >= 11 is 0. The molecule has 0 radical (unpaired) electrons. The highest BCUT2D eigenvalue weighted by molar-refractivity contribution is 6.16. The van der Waals surface area contributed by atoms with Gasteiger partial charge in [0, 0.05) is 44.0 Å². The molecular weight excluding hydrogens is 646 g/mol. The fourth-order valence-electron chi connectivity index (χ4n) is 6.22. The summed E-state index contributed by atoms with van der Waals surface area (Å²) < 4.78 is 48.6. The standard InChI is InChI=1S/C37H36F2N6O5/c1-48-28-9-2-24(3-10-28)23-44-34-33(30(42-44)13-17-43-18-20-49-21-19-43)32(12-16-41-34)50-31-11-8-27(22-29(31)39)45(26-6-4-25(38)5-7-26)36(47)37(14-15-37)35(40)46/h2-12,16,22H,13-15,17-21,23H2,1H3,(H2,40,46). The molecular formula is C37H36F2N6O5. The molecule has 2 fully saturated rings. The Labute approximate surface area is 287 Å². The van der Waals surface area contributed by atoms with Gasteiger partial charge in [-0.2, -0.15) is 5.10 Å². The molecule has 11 nitrogen and oxygen atoms in total. The van der Waals surface area contributed by atoms with E-state index in [1.165, 1.54) is 41.3 Å². The van der Waals surface area contributed by atoms with E-state index in [2.05, 4.69) is 9.88 Å². The molecule has 1 aliphatic heterocycles. The Kier molecular flexibility index (Phi) is 9.17. The van der Waals surface area contributed by atoms with Crippen LogP contribution in [0.1, 0.15) is 24.1 Å². The number of halogens is 2. The molecule has 5 aromatic rings. The smallest absolute Gasteiger partial charge is 0.247 e. The van der Waals surface area contributed by atoms with E-state index < -0.39 is 28.9 Å². The molecule has 3 heterocycles. The Morgan fingerprint density at radius 1 is 0.960 bits per heavy atom. The van der Waals surface area contributed by atoms with E-state index in [4.69, 9.17) is 25.0 Å². The first-order valence-electron chi connectivity index (χ1n) is 16.4. The largest absolute Gasteiger partial charge is 0.497 e. The minimum atomic E-state index is -1.40. The zero-order valence-corrected chi connectivity index (χ0v) is 27.5. The molecule has 0 unspecified atom stereocenters. The number of methoxy groups -OCH3 is 1. The highest BCUT2D eigenvalue weighted by atomic mass is 19.1. The number of hydrogen-bond donors (Lipinski definition) is 1. The monoisotopic (exact) mass is 682 g/mol. The number of fused-ring (bicyclic) bond motifs is 1. The first-order chi connectivity index (χ1) is 24.3. The Morgan fingerprint density at radius 2 is 1.68 bits per heavy atom. The maximum Gasteiger partial charge on any atom is 0.247 e. The lowest BCUT2D eigenvalue weighted by atomic mass is 10.0. The third-order valence-corrected chi connectivity index (χ3v) is 9.24. The van der Waals surface area contributed by atoms with Gasteiger partial charge in [0.05, 0.1) is 43.6 Å². The first-order valence-corrected chi connectivity index (χ1v) is 16.4. The normalized spacial score (nSPS) is 15.5. The van der Waals surface area contributed by atoms with Crippen molar-refractivity contribution >= 4 is 34.2 Å². The number of ether oxygens (including phenoxy) is 3. The Hall–Kier alpha value is -5.40. The number of anilines is 2. The van der Waals surface area contributed by atoms with Gasteiger partial charge in [-0.25, -0.2) is 18.4 Å². The minimum Gasteiger partial charge on any atom is -0.497 e. The van der Waals surface area contributed by atoms with Crippen LogP contribution in [0, 0.1) is 17.0 Å². The molecule has 2 N–H and O–H groups in total. The van der Waals surface area contributed by atoms with Gasteiger partial charge in [-0.05, 0) is 73.0 Å². The van der Waals surface area contributed by atoms with Crippen molar-refractivity contribution in [1.82, 2.24) is 19.7 Å². The van der Waals surface area contributed by atoms with Crippen LogP contribution in [0.3, 0.4) is 0 Å². The zero-order chi connectivity index (χ0) is 34.8. The summed E-state index contributed by atoms with van der Waals surface area (Å²) in [6.45, 7) is 4.17. The van der Waals surface area contributed by atoms with Crippen LogP contribution >= 0.6 is 0 Å². The van der Waals surface area contributed by atoms with Crippen LogP contribution in [0.4, 0.5) is 20.2 Å². The number of nitrogens with two attached hydrogens (primary N) is 1. The van der Waals surface area contributed by atoms with Gasteiger partial charge in [0.2, 0.25) is 11.8 Å². The van der Waals surface area contributed by atoms with Crippen molar-refractivity contribution in [3.63, 3.8) is 0 Å². The predicted molar refractivity (Wildman–Crippen MR) is 181 cm³/mol. The maximum atomic E-state index is 16.0. The van der Waals surface area contributed by atoms with Crippen LogP contribution in [-0.4, -0.2) is 71.4 Å². The number of benzene rings is 3. The molecule has 3 aromatic carbocycles. The Bertz CT molecular complexity index is 2030. The fourth-order valence-corrected chi connectivity index (χ4v) is 6.22. The van der Waals surface area contributed by atoms with Gasteiger partial charge in [0.25, 0.3) is 0 Å². The number of rotatable bonds is 12. The summed E-state index contributed by atoms with van der Waals surface area (Å²) in [5.41, 5.74) is 6.95. The van der Waals surface area contributed by atoms with E-state index in [1.807, 2.05) is 28.9 Å². The number of primary amides is 1. The van der Waals surface area contributed by atoms with Crippen LogP contribution in [0.5, 0.6) is 17.2 Å². The third kappa shape index (κ3) is 6.61. The lowest BCUT2D eigenvalue weighted by Gasteiger charge is -2.27.